The molecule has 5 nitrogen and oxygen atoms in total. The minimum absolute atomic E-state index is 0.594. The molecule has 0 spiro atoms. The summed E-state index contributed by atoms with van der Waals surface area (Å²) in [7, 11) is 0. The van der Waals surface area contributed by atoms with E-state index >= 15 is 0 Å². The highest BCUT2D eigenvalue weighted by Crippen LogP contribution is 2.13. The molecule has 2 heterocycles. The summed E-state index contributed by atoms with van der Waals surface area (Å²) in [5, 5.41) is 0. The average molecular weight is 246 g/mol. The maximum atomic E-state index is 5.48. The van der Waals surface area contributed by atoms with Gasteiger partial charge in [0, 0.05) is 17.5 Å². The normalized spacial score (nSPS) is 10.4. The van der Waals surface area contributed by atoms with Gasteiger partial charge in [-0.25, -0.2) is 9.97 Å². The molecule has 0 atom stereocenters. The van der Waals surface area contributed by atoms with Crippen LogP contribution in [-0.4, -0.2) is 21.3 Å². The molecule has 0 aliphatic heterocycles. The van der Waals surface area contributed by atoms with E-state index in [-0.39, 0.29) is 0 Å². The molecule has 1 N–H and O–H groups in total. The van der Waals surface area contributed by atoms with Gasteiger partial charge in [0.25, 0.3) is 0 Å². The number of aromatic nitrogens is 3. The van der Waals surface area contributed by atoms with Crippen molar-refractivity contribution in [3.8, 4) is 5.88 Å². The second-order valence-corrected chi connectivity index (χ2v) is 4.15. The number of ether oxygens (including phenoxy) is 1. The van der Waals surface area contributed by atoms with Crippen LogP contribution in [0.25, 0.3) is 0 Å². The monoisotopic (exact) mass is 246 g/mol. The van der Waals surface area contributed by atoms with Gasteiger partial charge in [-0.15, -0.1) is 0 Å². The van der Waals surface area contributed by atoms with Gasteiger partial charge in [0.05, 0.1) is 6.61 Å². The fourth-order valence-corrected chi connectivity index (χ4v) is 1.65. The molecule has 96 valence electrons. The molecule has 0 amide bonds. The summed E-state index contributed by atoms with van der Waals surface area (Å²) in [6, 6.07) is 5.91. The first kappa shape index (κ1) is 12.4. The highest BCUT2D eigenvalue weighted by molar-refractivity contribution is 5.38. The first-order chi connectivity index (χ1) is 8.70. The van der Waals surface area contributed by atoms with E-state index in [0.717, 1.165) is 23.6 Å². The van der Waals surface area contributed by atoms with Crippen LogP contribution in [-0.2, 0) is 0 Å². The Bertz CT molecular complexity index is 502. The summed E-state index contributed by atoms with van der Waals surface area (Å²) in [6.45, 7) is 6.80. The van der Waals surface area contributed by atoms with E-state index in [1.54, 1.807) is 6.07 Å². The second-order valence-electron chi connectivity index (χ2n) is 4.15. The van der Waals surface area contributed by atoms with Gasteiger partial charge in [0.1, 0.15) is 6.33 Å². The Morgan fingerprint density at radius 2 is 1.94 bits per heavy atom. The number of rotatable bonds is 5. The summed E-state index contributed by atoms with van der Waals surface area (Å²) in [4.78, 5) is 8.25. The lowest BCUT2D eigenvalue weighted by Crippen LogP contribution is -2.13. The lowest BCUT2D eigenvalue weighted by Gasteiger charge is -2.12. The predicted octanol–water partition coefficient (Wildman–Crippen LogP) is 2.56. The lowest BCUT2D eigenvalue weighted by atomic mass is 10.5. The van der Waals surface area contributed by atoms with Gasteiger partial charge in [-0.3, -0.25) is 10.1 Å². The van der Waals surface area contributed by atoms with E-state index in [9.17, 15) is 0 Å². The van der Waals surface area contributed by atoms with Crippen molar-refractivity contribution in [1.29, 1.82) is 0 Å². The van der Waals surface area contributed by atoms with Crippen molar-refractivity contribution < 1.29 is 4.74 Å². The quantitative estimate of drug-likeness (QED) is 0.881. The van der Waals surface area contributed by atoms with E-state index in [2.05, 4.69) is 34.5 Å². The third kappa shape index (κ3) is 2.80. The number of hydrogen-bond acceptors (Lipinski definition) is 4. The molecule has 0 aliphatic rings. The number of anilines is 1. The SMILES string of the molecule is CCCOc1cc(Nn2c(C)ccc2C)ncn1. The third-order valence-corrected chi connectivity index (χ3v) is 2.59. The van der Waals surface area contributed by atoms with Crippen molar-refractivity contribution in [2.75, 3.05) is 12.0 Å². The van der Waals surface area contributed by atoms with Crippen LogP contribution < -0.4 is 10.2 Å². The van der Waals surface area contributed by atoms with Crippen LogP contribution in [0.5, 0.6) is 5.88 Å². The molecule has 2 aromatic rings. The molecule has 0 unspecified atom stereocenters. The van der Waals surface area contributed by atoms with Gasteiger partial charge in [-0.2, -0.15) is 0 Å². The molecular formula is C13H18N4O. The maximum absolute atomic E-state index is 5.48. The van der Waals surface area contributed by atoms with Gasteiger partial charge >= 0.3 is 0 Å². The van der Waals surface area contributed by atoms with Gasteiger partial charge in [-0.05, 0) is 32.4 Å². The average Bonchev–Trinajstić information content (AvgIpc) is 2.69. The first-order valence-electron chi connectivity index (χ1n) is 6.07. The van der Waals surface area contributed by atoms with Crippen molar-refractivity contribution in [2.24, 2.45) is 0 Å². The highest BCUT2D eigenvalue weighted by atomic mass is 16.5. The molecule has 2 aromatic heterocycles. The Balaban J connectivity index is 2.14. The van der Waals surface area contributed by atoms with Gasteiger partial charge in [0.2, 0.25) is 5.88 Å². The molecule has 0 aromatic carbocycles. The van der Waals surface area contributed by atoms with Gasteiger partial charge in [-0.1, -0.05) is 6.92 Å². The van der Waals surface area contributed by atoms with Crippen molar-refractivity contribution >= 4 is 5.82 Å². The molecule has 18 heavy (non-hydrogen) atoms. The predicted molar refractivity (Wildman–Crippen MR) is 70.7 cm³/mol. The van der Waals surface area contributed by atoms with Crippen molar-refractivity contribution in [3.05, 3.63) is 35.9 Å². The molecule has 0 saturated carbocycles. The van der Waals surface area contributed by atoms with E-state index in [1.807, 2.05) is 18.5 Å². The summed E-state index contributed by atoms with van der Waals surface area (Å²) < 4.78 is 7.45. The van der Waals surface area contributed by atoms with Gasteiger partial charge < -0.3 is 4.74 Å². The Labute approximate surface area is 107 Å². The minimum atomic E-state index is 0.594. The molecule has 2 rings (SSSR count). The number of nitrogens with one attached hydrogen (secondary N) is 1. The Morgan fingerprint density at radius 3 is 2.61 bits per heavy atom. The zero-order valence-corrected chi connectivity index (χ0v) is 11.0. The van der Waals surface area contributed by atoms with Crippen molar-refractivity contribution in [2.45, 2.75) is 27.2 Å². The first-order valence-corrected chi connectivity index (χ1v) is 6.07. The fraction of sp³-hybridized carbons (Fsp3) is 0.385. The fourth-order valence-electron chi connectivity index (χ4n) is 1.65. The molecule has 0 fully saturated rings. The third-order valence-electron chi connectivity index (χ3n) is 2.59. The summed E-state index contributed by atoms with van der Waals surface area (Å²) >= 11 is 0. The molecule has 0 aliphatic carbocycles. The van der Waals surface area contributed by atoms with Gasteiger partial charge in [0.15, 0.2) is 5.82 Å². The summed E-state index contributed by atoms with van der Waals surface area (Å²) in [5.74, 6) is 1.32. The van der Waals surface area contributed by atoms with Crippen LogP contribution in [0.1, 0.15) is 24.7 Å². The van der Waals surface area contributed by atoms with Crippen LogP contribution in [0.2, 0.25) is 0 Å². The number of nitrogens with zero attached hydrogens (tertiary/aromatic N) is 3. The zero-order valence-electron chi connectivity index (χ0n) is 11.0. The van der Waals surface area contributed by atoms with Crippen LogP contribution in [0, 0.1) is 13.8 Å². The van der Waals surface area contributed by atoms with Crippen LogP contribution in [0.15, 0.2) is 24.5 Å². The van der Waals surface area contributed by atoms with E-state index in [4.69, 9.17) is 4.74 Å². The molecule has 5 heteroatoms. The number of hydrogen-bond donors (Lipinski definition) is 1. The molecule has 0 radical (unpaired) electrons. The van der Waals surface area contributed by atoms with E-state index < -0.39 is 0 Å². The van der Waals surface area contributed by atoms with E-state index in [0.29, 0.717) is 12.5 Å². The zero-order chi connectivity index (χ0) is 13.0. The Morgan fingerprint density at radius 1 is 1.22 bits per heavy atom. The highest BCUT2D eigenvalue weighted by Gasteiger charge is 2.03. The van der Waals surface area contributed by atoms with E-state index in [1.165, 1.54) is 6.33 Å². The smallest absolute Gasteiger partial charge is 0.218 e. The minimum Gasteiger partial charge on any atom is -0.478 e. The van der Waals surface area contributed by atoms with Crippen molar-refractivity contribution in [1.82, 2.24) is 14.6 Å². The van der Waals surface area contributed by atoms with Crippen molar-refractivity contribution in [3.63, 3.8) is 0 Å². The second kappa shape index (κ2) is 5.53. The Kier molecular flexibility index (Phi) is 3.82. The van der Waals surface area contributed by atoms with Crippen LogP contribution >= 0.6 is 0 Å². The maximum Gasteiger partial charge on any atom is 0.218 e. The molecular weight excluding hydrogens is 228 g/mol. The summed E-state index contributed by atoms with van der Waals surface area (Å²) in [6.07, 6.45) is 2.46. The lowest BCUT2D eigenvalue weighted by molar-refractivity contribution is 0.305. The molecule has 0 bridgehead atoms. The number of aryl methyl sites for hydroxylation is 2. The Hall–Kier alpha value is -2.04. The largest absolute Gasteiger partial charge is 0.478 e. The van der Waals surface area contributed by atoms with Crippen LogP contribution in [0.4, 0.5) is 5.82 Å². The standard InChI is InChI=1S/C13H18N4O/c1-4-7-18-13-8-12(14-9-15-13)16-17-10(2)5-6-11(17)3/h5-6,8-9H,4,7H2,1-3H3,(H,14,15,16). The molecule has 0 saturated heterocycles. The van der Waals surface area contributed by atoms with Crippen LogP contribution in [0.3, 0.4) is 0 Å². The summed E-state index contributed by atoms with van der Waals surface area (Å²) in [5.41, 5.74) is 5.48. The topological polar surface area (TPSA) is 52.0 Å².